The van der Waals surface area contributed by atoms with Crippen LogP contribution in [0.4, 0.5) is 0 Å². The molecule has 0 N–H and O–H groups in total. The molecule has 0 atom stereocenters. The third-order valence-electron chi connectivity index (χ3n) is 1.85. The van der Waals surface area contributed by atoms with Gasteiger partial charge in [0, 0.05) is 17.3 Å². The van der Waals surface area contributed by atoms with Crippen LogP contribution in [0.2, 0.25) is 5.15 Å². The van der Waals surface area contributed by atoms with Crippen molar-refractivity contribution in [1.82, 2.24) is 9.97 Å². The molecule has 2 heterocycles. The summed E-state index contributed by atoms with van der Waals surface area (Å²) in [6.45, 7) is 1.95. The number of hydrogen-bond donors (Lipinski definition) is 0. The van der Waals surface area contributed by atoms with E-state index in [2.05, 4.69) is 25.9 Å². The number of fused-ring (bicyclic) bond motifs is 1. The molecule has 0 radical (unpaired) electrons. The zero-order valence-electron chi connectivity index (χ0n) is 6.88. The second-order valence-corrected chi connectivity index (χ2v) is 3.94. The second kappa shape index (κ2) is 3.24. The van der Waals surface area contributed by atoms with Crippen LogP contribution in [0.25, 0.3) is 10.9 Å². The lowest BCUT2D eigenvalue weighted by Crippen LogP contribution is -1.87. The molecule has 0 aliphatic carbocycles. The van der Waals surface area contributed by atoms with Crippen molar-refractivity contribution in [3.63, 3.8) is 0 Å². The van der Waals surface area contributed by atoms with Gasteiger partial charge in [-0.3, -0.25) is 4.98 Å². The molecular weight excluding hydrogens is 251 g/mol. The minimum atomic E-state index is 0.484. The summed E-state index contributed by atoms with van der Waals surface area (Å²) in [4.78, 5) is 8.39. The highest BCUT2D eigenvalue weighted by Gasteiger charge is 2.03. The van der Waals surface area contributed by atoms with Gasteiger partial charge in [-0.2, -0.15) is 0 Å². The topological polar surface area (TPSA) is 25.8 Å². The van der Waals surface area contributed by atoms with E-state index in [4.69, 9.17) is 11.6 Å². The predicted molar refractivity (Wildman–Crippen MR) is 57.0 cm³/mol. The monoisotopic (exact) mass is 256 g/mol. The lowest BCUT2D eigenvalue weighted by atomic mass is 10.2. The van der Waals surface area contributed by atoms with Crippen molar-refractivity contribution >= 4 is 38.4 Å². The highest BCUT2D eigenvalue weighted by Crippen LogP contribution is 2.25. The molecule has 2 aromatic rings. The van der Waals surface area contributed by atoms with E-state index >= 15 is 0 Å². The van der Waals surface area contributed by atoms with Gasteiger partial charge in [-0.1, -0.05) is 11.6 Å². The number of rotatable bonds is 0. The van der Waals surface area contributed by atoms with Gasteiger partial charge in [0.2, 0.25) is 0 Å². The quantitative estimate of drug-likeness (QED) is 0.676. The first-order valence-electron chi connectivity index (χ1n) is 3.76. The third-order valence-corrected chi connectivity index (χ3v) is 2.97. The Morgan fingerprint density at radius 2 is 2.23 bits per heavy atom. The average Bonchev–Trinajstić information content (AvgIpc) is 2.09. The lowest BCUT2D eigenvalue weighted by Gasteiger charge is -2.01. The first-order chi connectivity index (χ1) is 6.18. The lowest BCUT2D eigenvalue weighted by molar-refractivity contribution is 1.22. The zero-order valence-corrected chi connectivity index (χ0v) is 9.22. The van der Waals surface area contributed by atoms with Crippen molar-refractivity contribution in [2.75, 3.05) is 0 Å². The van der Waals surface area contributed by atoms with E-state index in [1.807, 2.05) is 19.1 Å². The van der Waals surface area contributed by atoms with Crippen LogP contribution in [0, 0.1) is 6.92 Å². The molecule has 4 heteroatoms. The van der Waals surface area contributed by atoms with Crippen LogP contribution in [0.5, 0.6) is 0 Å². The minimum absolute atomic E-state index is 0.484. The second-order valence-electron chi connectivity index (χ2n) is 2.72. The average molecular weight is 258 g/mol. The molecule has 2 nitrogen and oxygen atoms in total. The molecule has 66 valence electrons. The van der Waals surface area contributed by atoms with Crippen molar-refractivity contribution in [2.24, 2.45) is 0 Å². The zero-order chi connectivity index (χ0) is 9.42. The molecule has 13 heavy (non-hydrogen) atoms. The van der Waals surface area contributed by atoms with Crippen LogP contribution in [0.3, 0.4) is 0 Å². The molecule has 0 aromatic carbocycles. The number of nitrogens with zero attached hydrogens (tertiary/aromatic N) is 2. The van der Waals surface area contributed by atoms with E-state index in [9.17, 15) is 0 Å². The SMILES string of the molecule is Cc1nccc2nc(Cl)c(Br)cc12. The van der Waals surface area contributed by atoms with Crippen LogP contribution >= 0.6 is 27.5 Å². The van der Waals surface area contributed by atoms with Crippen molar-refractivity contribution in [3.8, 4) is 0 Å². The summed E-state index contributed by atoms with van der Waals surface area (Å²) in [5.74, 6) is 0. The fraction of sp³-hybridized carbons (Fsp3) is 0.111. The van der Waals surface area contributed by atoms with Crippen molar-refractivity contribution in [3.05, 3.63) is 33.6 Å². The van der Waals surface area contributed by atoms with Gasteiger partial charge in [0.25, 0.3) is 0 Å². The maximum absolute atomic E-state index is 5.86. The summed E-state index contributed by atoms with van der Waals surface area (Å²) in [5, 5.41) is 1.51. The highest BCUT2D eigenvalue weighted by atomic mass is 79.9. The summed E-state index contributed by atoms with van der Waals surface area (Å²) in [5.41, 5.74) is 1.84. The Hall–Kier alpha value is -0.670. The smallest absolute Gasteiger partial charge is 0.143 e. The standard InChI is InChI=1S/C9H6BrClN2/c1-5-6-4-7(10)9(11)13-8(6)2-3-12-5/h2-4H,1H3. The Labute approximate surface area is 89.1 Å². The Bertz CT molecular complexity index is 470. The maximum atomic E-state index is 5.86. The van der Waals surface area contributed by atoms with E-state index in [0.29, 0.717) is 5.15 Å². The van der Waals surface area contributed by atoms with Gasteiger partial charge in [0.15, 0.2) is 0 Å². The maximum Gasteiger partial charge on any atom is 0.143 e. The normalized spacial score (nSPS) is 10.7. The number of halogens is 2. The van der Waals surface area contributed by atoms with Gasteiger partial charge in [0.05, 0.1) is 9.99 Å². The van der Waals surface area contributed by atoms with Crippen LogP contribution in [0.1, 0.15) is 5.69 Å². The summed E-state index contributed by atoms with van der Waals surface area (Å²) in [7, 11) is 0. The Kier molecular flexibility index (Phi) is 2.22. The van der Waals surface area contributed by atoms with E-state index in [1.165, 1.54) is 0 Å². The molecule has 0 saturated carbocycles. The summed E-state index contributed by atoms with van der Waals surface area (Å²) >= 11 is 9.19. The fourth-order valence-electron chi connectivity index (χ4n) is 1.19. The molecular formula is C9H6BrClN2. The summed E-state index contributed by atoms with van der Waals surface area (Å²) in [6.07, 6.45) is 1.73. The largest absolute Gasteiger partial charge is 0.261 e. The third kappa shape index (κ3) is 1.54. The van der Waals surface area contributed by atoms with Gasteiger partial charge in [0.1, 0.15) is 5.15 Å². The molecule has 0 spiro atoms. The Morgan fingerprint density at radius 1 is 1.46 bits per heavy atom. The molecule has 0 aliphatic heterocycles. The minimum Gasteiger partial charge on any atom is -0.261 e. The van der Waals surface area contributed by atoms with Gasteiger partial charge in [-0.25, -0.2) is 4.98 Å². The fourth-order valence-corrected chi connectivity index (χ4v) is 1.65. The van der Waals surface area contributed by atoms with Gasteiger partial charge >= 0.3 is 0 Å². The Morgan fingerprint density at radius 3 is 3.00 bits per heavy atom. The van der Waals surface area contributed by atoms with E-state index < -0.39 is 0 Å². The summed E-state index contributed by atoms with van der Waals surface area (Å²) in [6, 6.07) is 3.79. The van der Waals surface area contributed by atoms with Gasteiger partial charge in [-0.15, -0.1) is 0 Å². The van der Waals surface area contributed by atoms with Crippen LogP contribution < -0.4 is 0 Å². The molecule has 2 aromatic heterocycles. The first-order valence-corrected chi connectivity index (χ1v) is 4.93. The molecule has 0 aliphatic rings. The molecule has 0 fully saturated rings. The predicted octanol–water partition coefficient (Wildman–Crippen LogP) is 3.35. The van der Waals surface area contributed by atoms with E-state index in [-0.39, 0.29) is 0 Å². The van der Waals surface area contributed by atoms with E-state index in [0.717, 1.165) is 21.1 Å². The van der Waals surface area contributed by atoms with Gasteiger partial charge in [-0.05, 0) is 35.0 Å². The van der Waals surface area contributed by atoms with Crippen molar-refractivity contribution in [2.45, 2.75) is 6.92 Å². The van der Waals surface area contributed by atoms with E-state index in [1.54, 1.807) is 6.20 Å². The number of aromatic nitrogens is 2. The molecule has 0 bridgehead atoms. The van der Waals surface area contributed by atoms with Crippen molar-refractivity contribution < 1.29 is 0 Å². The van der Waals surface area contributed by atoms with Gasteiger partial charge < -0.3 is 0 Å². The number of pyridine rings is 2. The molecule has 0 unspecified atom stereocenters. The first kappa shape index (κ1) is 8.91. The number of aryl methyl sites for hydroxylation is 1. The molecule has 2 rings (SSSR count). The number of hydrogen-bond acceptors (Lipinski definition) is 2. The van der Waals surface area contributed by atoms with Crippen LogP contribution in [-0.2, 0) is 0 Å². The van der Waals surface area contributed by atoms with Crippen LogP contribution in [0.15, 0.2) is 22.8 Å². The van der Waals surface area contributed by atoms with Crippen LogP contribution in [-0.4, -0.2) is 9.97 Å². The highest BCUT2D eigenvalue weighted by molar-refractivity contribution is 9.10. The Balaban J connectivity index is 2.89. The molecule has 0 amide bonds. The van der Waals surface area contributed by atoms with Crippen molar-refractivity contribution in [1.29, 1.82) is 0 Å². The molecule has 0 saturated heterocycles. The summed E-state index contributed by atoms with van der Waals surface area (Å²) < 4.78 is 0.803.